The number of hydrogen-bond donors (Lipinski definition) is 3. The number of nitrogens with one attached hydrogen (secondary N) is 3. The summed E-state index contributed by atoms with van der Waals surface area (Å²) in [6.07, 6.45) is 5.09. The van der Waals surface area contributed by atoms with E-state index in [2.05, 4.69) is 35.5 Å². The highest BCUT2D eigenvalue weighted by atomic mass is 16.2. The predicted octanol–water partition coefficient (Wildman–Crippen LogP) is 1.80. The Bertz CT molecular complexity index is 419. The number of carbonyl (C=O) groups is 1. The maximum atomic E-state index is 12.4. The SMILES string of the molecule is CNCC1(C(=O)NCC(C)(C)c2ccc[nH]2)CCC1. The average molecular weight is 263 g/mol. The lowest BCUT2D eigenvalue weighted by Crippen LogP contribution is -2.52. The van der Waals surface area contributed by atoms with Crippen LogP contribution in [-0.2, 0) is 10.2 Å². The van der Waals surface area contributed by atoms with E-state index in [1.54, 1.807) is 0 Å². The number of hydrogen-bond acceptors (Lipinski definition) is 2. The summed E-state index contributed by atoms with van der Waals surface area (Å²) < 4.78 is 0. The van der Waals surface area contributed by atoms with Gasteiger partial charge in [0.1, 0.15) is 0 Å². The van der Waals surface area contributed by atoms with Gasteiger partial charge in [0.05, 0.1) is 5.41 Å². The van der Waals surface area contributed by atoms with Crippen LogP contribution in [0.15, 0.2) is 18.3 Å². The van der Waals surface area contributed by atoms with Crippen LogP contribution in [0.1, 0.15) is 38.8 Å². The molecule has 1 saturated carbocycles. The molecule has 1 aliphatic carbocycles. The molecule has 3 N–H and O–H groups in total. The molecule has 0 aliphatic heterocycles. The fourth-order valence-electron chi connectivity index (χ4n) is 2.76. The van der Waals surface area contributed by atoms with Crippen molar-refractivity contribution in [3.05, 3.63) is 24.0 Å². The van der Waals surface area contributed by atoms with Crippen molar-refractivity contribution in [3.8, 4) is 0 Å². The lowest BCUT2D eigenvalue weighted by atomic mass is 9.68. The molecule has 1 aliphatic rings. The molecular weight excluding hydrogens is 238 g/mol. The summed E-state index contributed by atoms with van der Waals surface area (Å²) in [6, 6.07) is 4.06. The van der Waals surface area contributed by atoms with Gasteiger partial charge in [-0.05, 0) is 32.0 Å². The summed E-state index contributed by atoms with van der Waals surface area (Å²) in [6.45, 7) is 5.73. The van der Waals surface area contributed by atoms with Crippen LogP contribution >= 0.6 is 0 Å². The molecule has 4 heteroatoms. The van der Waals surface area contributed by atoms with Crippen molar-refractivity contribution in [3.63, 3.8) is 0 Å². The maximum Gasteiger partial charge on any atom is 0.227 e. The first-order valence-electron chi connectivity index (χ1n) is 7.07. The highest BCUT2D eigenvalue weighted by Gasteiger charge is 2.43. The van der Waals surface area contributed by atoms with Gasteiger partial charge in [-0.25, -0.2) is 0 Å². The monoisotopic (exact) mass is 263 g/mol. The summed E-state index contributed by atoms with van der Waals surface area (Å²) in [5.74, 6) is 0.202. The Morgan fingerprint density at radius 3 is 2.68 bits per heavy atom. The van der Waals surface area contributed by atoms with E-state index >= 15 is 0 Å². The first-order valence-corrected chi connectivity index (χ1v) is 7.07. The van der Waals surface area contributed by atoms with Crippen molar-refractivity contribution >= 4 is 5.91 Å². The summed E-state index contributed by atoms with van der Waals surface area (Å²) in [7, 11) is 1.91. The van der Waals surface area contributed by atoms with Crippen molar-refractivity contribution in [2.45, 2.75) is 38.5 Å². The van der Waals surface area contributed by atoms with Crippen LogP contribution in [-0.4, -0.2) is 31.0 Å². The van der Waals surface area contributed by atoms with Gasteiger partial charge in [0, 0.05) is 30.4 Å². The van der Waals surface area contributed by atoms with Crippen LogP contribution in [0.2, 0.25) is 0 Å². The number of aromatic amines is 1. The van der Waals surface area contributed by atoms with Crippen LogP contribution in [0, 0.1) is 5.41 Å². The quantitative estimate of drug-likeness (QED) is 0.733. The third-order valence-corrected chi connectivity index (χ3v) is 4.33. The summed E-state index contributed by atoms with van der Waals surface area (Å²) in [5.41, 5.74) is 0.925. The molecule has 0 unspecified atom stereocenters. The van der Waals surface area contributed by atoms with E-state index in [-0.39, 0.29) is 16.7 Å². The van der Waals surface area contributed by atoms with E-state index in [4.69, 9.17) is 0 Å². The third-order valence-electron chi connectivity index (χ3n) is 4.33. The Balaban J connectivity index is 1.93. The number of carbonyl (C=O) groups excluding carboxylic acids is 1. The molecule has 0 bridgehead atoms. The zero-order valence-electron chi connectivity index (χ0n) is 12.2. The summed E-state index contributed by atoms with van der Waals surface area (Å²) in [5, 5.41) is 6.29. The largest absolute Gasteiger partial charge is 0.364 e. The molecular formula is C15H25N3O. The van der Waals surface area contributed by atoms with Gasteiger partial charge in [-0.3, -0.25) is 4.79 Å². The highest BCUT2D eigenvalue weighted by Crippen LogP contribution is 2.40. The van der Waals surface area contributed by atoms with Crippen molar-refractivity contribution in [2.75, 3.05) is 20.1 Å². The number of H-pyrrole nitrogens is 1. The van der Waals surface area contributed by atoms with Crippen molar-refractivity contribution < 1.29 is 4.79 Å². The van der Waals surface area contributed by atoms with Gasteiger partial charge in [0.25, 0.3) is 0 Å². The zero-order valence-corrected chi connectivity index (χ0v) is 12.2. The van der Waals surface area contributed by atoms with Crippen LogP contribution < -0.4 is 10.6 Å². The standard InChI is InChI=1S/C15H25N3O/c1-14(2,12-6-4-9-17-12)10-18-13(19)15(11-16-3)7-5-8-15/h4,6,9,16-17H,5,7-8,10-11H2,1-3H3,(H,18,19). The normalized spacial score (nSPS) is 17.8. The molecule has 19 heavy (non-hydrogen) atoms. The molecule has 4 nitrogen and oxygen atoms in total. The molecule has 1 fully saturated rings. The molecule has 2 rings (SSSR count). The maximum absolute atomic E-state index is 12.4. The van der Waals surface area contributed by atoms with E-state index in [1.807, 2.05) is 19.3 Å². The molecule has 0 atom stereocenters. The van der Waals surface area contributed by atoms with Crippen molar-refractivity contribution in [2.24, 2.45) is 5.41 Å². The number of aromatic nitrogens is 1. The van der Waals surface area contributed by atoms with Gasteiger partial charge in [-0.2, -0.15) is 0 Å². The average Bonchev–Trinajstić information content (AvgIpc) is 2.85. The van der Waals surface area contributed by atoms with E-state index in [1.165, 1.54) is 0 Å². The second kappa shape index (κ2) is 5.37. The minimum absolute atomic E-state index is 0.0657. The lowest BCUT2D eigenvalue weighted by molar-refractivity contribution is -0.135. The first kappa shape index (κ1) is 14.1. The van der Waals surface area contributed by atoms with Gasteiger partial charge < -0.3 is 15.6 Å². The fourth-order valence-corrected chi connectivity index (χ4v) is 2.76. The molecule has 0 aromatic carbocycles. The minimum atomic E-state index is -0.166. The predicted molar refractivity (Wildman–Crippen MR) is 77.0 cm³/mol. The molecule has 106 valence electrons. The van der Waals surface area contributed by atoms with E-state index in [0.29, 0.717) is 6.54 Å². The van der Waals surface area contributed by atoms with Gasteiger partial charge >= 0.3 is 0 Å². The van der Waals surface area contributed by atoms with Crippen LogP contribution in [0.5, 0.6) is 0 Å². The van der Waals surface area contributed by atoms with Gasteiger partial charge in [-0.15, -0.1) is 0 Å². The Hall–Kier alpha value is -1.29. The third kappa shape index (κ3) is 2.84. The highest BCUT2D eigenvalue weighted by molar-refractivity contribution is 5.83. The molecule has 0 spiro atoms. The fraction of sp³-hybridized carbons (Fsp3) is 0.667. The van der Waals surface area contributed by atoms with E-state index < -0.39 is 0 Å². The van der Waals surface area contributed by atoms with Crippen LogP contribution in [0.3, 0.4) is 0 Å². The van der Waals surface area contributed by atoms with Gasteiger partial charge in [-0.1, -0.05) is 20.3 Å². The Kier molecular flexibility index (Phi) is 3.99. The topological polar surface area (TPSA) is 56.9 Å². The van der Waals surface area contributed by atoms with E-state index in [0.717, 1.165) is 31.5 Å². The molecule has 1 heterocycles. The number of rotatable bonds is 6. The summed E-state index contributed by atoms with van der Waals surface area (Å²) in [4.78, 5) is 15.6. The van der Waals surface area contributed by atoms with Crippen LogP contribution in [0.4, 0.5) is 0 Å². The smallest absolute Gasteiger partial charge is 0.227 e. The number of amides is 1. The van der Waals surface area contributed by atoms with Crippen LogP contribution in [0.25, 0.3) is 0 Å². The molecule has 1 aromatic rings. The minimum Gasteiger partial charge on any atom is -0.364 e. The van der Waals surface area contributed by atoms with Gasteiger partial charge in [0.15, 0.2) is 0 Å². The second-order valence-electron chi connectivity index (χ2n) is 6.31. The molecule has 0 saturated heterocycles. The van der Waals surface area contributed by atoms with Gasteiger partial charge in [0.2, 0.25) is 5.91 Å². The van der Waals surface area contributed by atoms with Crippen molar-refractivity contribution in [1.82, 2.24) is 15.6 Å². The summed E-state index contributed by atoms with van der Waals surface area (Å²) >= 11 is 0. The van der Waals surface area contributed by atoms with E-state index in [9.17, 15) is 4.79 Å². The Morgan fingerprint density at radius 1 is 1.47 bits per heavy atom. The Labute approximate surface area is 115 Å². The molecule has 0 radical (unpaired) electrons. The molecule has 1 aromatic heterocycles. The zero-order chi connectivity index (χ0) is 13.9. The van der Waals surface area contributed by atoms with Crippen molar-refractivity contribution in [1.29, 1.82) is 0 Å². The Morgan fingerprint density at radius 2 is 2.21 bits per heavy atom. The second-order valence-corrected chi connectivity index (χ2v) is 6.31. The first-order chi connectivity index (χ1) is 9.00. The molecule has 1 amide bonds. The lowest BCUT2D eigenvalue weighted by Gasteiger charge is -2.40.